The summed E-state index contributed by atoms with van der Waals surface area (Å²) in [5, 5.41) is 15.1. The highest BCUT2D eigenvalue weighted by Crippen LogP contribution is 2.23. The van der Waals surface area contributed by atoms with E-state index in [-0.39, 0.29) is 30.0 Å². The molecule has 1 heterocycles. The van der Waals surface area contributed by atoms with Crippen LogP contribution in [0.1, 0.15) is 39.0 Å². The first-order valence-corrected chi connectivity index (χ1v) is 7.06. The largest absolute Gasteiger partial charge is 0.462 e. The number of nitrogens with zero attached hydrogens (tertiary/aromatic N) is 1. The second-order valence-corrected chi connectivity index (χ2v) is 5.11. The van der Waals surface area contributed by atoms with Gasteiger partial charge in [0.2, 0.25) is 0 Å². The summed E-state index contributed by atoms with van der Waals surface area (Å²) in [7, 11) is 0. The van der Waals surface area contributed by atoms with Crippen LogP contribution in [0.15, 0.2) is 11.3 Å². The molecule has 0 spiro atoms. The maximum Gasteiger partial charge on any atom is 0.351 e. The van der Waals surface area contributed by atoms with E-state index in [1.165, 1.54) is 0 Å². The number of rotatable bonds is 3. The summed E-state index contributed by atoms with van der Waals surface area (Å²) in [4.78, 5) is 23.9. The van der Waals surface area contributed by atoms with Gasteiger partial charge in [-0.2, -0.15) is 5.26 Å². The molecular formula is C14H19N3O3. The summed E-state index contributed by atoms with van der Waals surface area (Å²) in [5.74, 6) is -1.13. The standard InChI is InChI=1S/C14H19N3O3/c1-2-7-20-14(19)9(8-15)12-13(18)17-11-6-4-3-5-10(11)16-12/h10-11,16H,2-7H2,1H3,(H,17,18)/b12-9-/t10-,11-/m0/s1. The van der Waals surface area contributed by atoms with Crippen LogP contribution in [0.2, 0.25) is 0 Å². The summed E-state index contributed by atoms with van der Waals surface area (Å²) in [6.45, 7) is 2.11. The fourth-order valence-electron chi connectivity index (χ4n) is 2.62. The van der Waals surface area contributed by atoms with E-state index >= 15 is 0 Å². The summed E-state index contributed by atoms with van der Waals surface area (Å²) in [5.41, 5.74) is -0.184. The van der Waals surface area contributed by atoms with Crippen LogP contribution in [0.5, 0.6) is 0 Å². The Morgan fingerprint density at radius 1 is 1.35 bits per heavy atom. The first-order valence-electron chi connectivity index (χ1n) is 7.06. The Kier molecular flexibility index (Phi) is 4.61. The van der Waals surface area contributed by atoms with Crippen molar-refractivity contribution in [3.05, 3.63) is 11.3 Å². The van der Waals surface area contributed by atoms with Gasteiger partial charge in [-0.15, -0.1) is 0 Å². The average Bonchev–Trinajstić information content (AvgIpc) is 2.46. The van der Waals surface area contributed by atoms with Gasteiger partial charge in [0.15, 0.2) is 5.57 Å². The molecule has 2 aliphatic rings. The van der Waals surface area contributed by atoms with Crippen LogP contribution in [0.25, 0.3) is 0 Å². The fourth-order valence-corrected chi connectivity index (χ4v) is 2.62. The van der Waals surface area contributed by atoms with Gasteiger partial charge in [0, 0.05) is 12.1 Å². The van der Waals surface area contributed by atoms with Gasteiger partial charge in [-0.05, 0) is 19.3 Å². The van der Waals surface area contributed by atoms with Gasteiger partial charge in [-0.3, -0.25) is 4.79 Å². The number of esters is 1. The first-order chi connectivity index (χ1) is 9.67. The first kappa shape index (κ1) is 14.4. The number of nitriles is 1. The quantitative estimate of drug-likeness (QED) is 0.451. The lowest BCUT2D eigenvalue weighted by Crippen LogP contribution is -2.59. The van der Waals surface area contributed by atoms with E-state index in [0.717, 1.165) is 25.7 Å². The predicted molar refractivity (Wildman–Crippen MR) is 71.2 cm³/mol. The third kappa shape index (κ3) is 2.93. The number of ether oxygens (including phenoxy) is 1. The van der Waals surface area contributed by atoms with Gasteiger partial charge < -0.3 is 15.4 Å². The molecule has 2 fully saturated rings. The number of amides is 1. The highest BCUT2D eigenvalue weighted by atomic mass is 16.5. The Hall–Kier alpha value is -2.03. The summed E-state index contributed by atoms with van der Waals surface area (Å²) < 4.78 is 4.94. The summed E-state index contributed by atoms with van der Waals surface area (Å²) >= 11 is 0. The fraction of sp³-hybridized carbons (Fsp3) is 0.643. The second-order valence-electron chi connectivity index (χ2n) is 5.11. The van der Waals surface area contributed by atoms with Crippen molar-refractivity contribution in [3.8, 4) is 6.07 Å². The molecule has 0 aromatic rings. The smallest absolute Gasteiger partial charge is 0.351 e. The summed E-state index contributed by atoms with van der Waals surface area (Å²) in [6, 6.07) is 1.97. The van der Waals surface area contributed by atoms with Crippen LogP contribution in [-0.2, 0) is 14.3 Å². The second kappa shape index (κ2) is 6.42. The number of nitrogens with one attached hydrogen (secondary N) is 2. The van der Waals surface area contributed by atoms with Crippen LogP contribution in [0.4, 0.5) is 0 Å². The third-order valence-electron chi connectivity index (χ3n) is 3.64. The zero-order chi connectivity index (χ0) is 14.5. The van der Waals surface area contributed by atoms with Crippen molar-refractivity contribution in [1.82, 2.24) is 10.6 Å². The minimum atomic E-state index is -0.735. The highest BCUT2D eigenvalue weighted by Gasteiger charge is 2.36. The Balaban J connectivity index is 2.19. The van der Waals surface area contributed by atoms with E-state index in [9.17, 15) is 9.59 Å². The van der Waals surface area contributed by atoms with Crippen molar-refractivity contribution >= 4 is 11.9 Å². The van der Waals surface area contributed by atoms with Crippen LogP contribution < -0.4 is 10.6 Å². The molecule has 0 unspecified atom stereocenters. The van der Waals surface area contributed by atoms with Crippen molar-refractivity contribution in [1.29, 1.82) is 5.26 Å². The molecule has 2 rings (SSSR count). The van der Waals surface area contributed by atoms with Gasteiger partial charge in [-0.1, -0.05) is 19.8 Å². The van der Waals surface area contributed by atoms with Gasteiger partial charge in [-0.25, -0.2) is 4.79 Å². The normalized spacial score (nSPS) is 27.5. The third-order valence-corrected chi connectivity index (χ3v) is 3.64. The lowest BCUT2D eigenvalue weighted by Gasteiger charge is -2.38. The minimum Gasteiger partial charge on any atom is -0.462 e. The zero-order valence-electron chi connectivity index (χ0n) is 11.6. The number of carbonyl (C=O) groups is 2. The van der Waals surface area contributed by atoms with E-state index in [1.54, 1.807) is 6.07 Å². The molecule has 0 aromatic carbocycles. The number of fused-ring (bicyclic) bond motifs is 1. The van der Waals surface area contributed by atoms with E-state index in [2.05, 4.69) is 10.6 Å². The number of carbonyl (C=O) groups excluding carboxylic acids is 2. The molecule has 1 aliphatic carbocycles. The average molecular weight is 277 g/mol. The van der Waals surface area contributed by atoms with Gasteiger partial charge in [0.1, 0.15) is 11.8 Å². The Morgan fingerprint density at radius 3 is 2.60 bits per heavy atom. The van der Waals surface area contributed by atoms with Crippen molar-refractivity contribution in [3.63, 3.8) is 0 Å². The molecule has 6 nitrogen and oxygen atoms in total. The Morgan fingerprint density at radius 2 is 2.00 bits per heavy atom. The van der Waals surface area contributed by atoms with Crippen molar-refractivity contribution in [2.75, 3.05) is 6.61 Å². The zero-order valence-corrected chi connectivity index (χ0v) is 11.6. The number of hydrogen-bond donors (Lipinski definition) is 2. The lowest BCUT2D eigenvalue weighted by atomic mass is 9.88. The van der Waals surface area contributed by atoms with Crippen molar-refractivity contribution in [2.24, 2.45) is 0 Å². The van der Waals surface area contributed by atoms with Crippen LogP contribution in [0.3, 0.4) is 0 Å². The monoisotopic (exact) mass is 277 g/mol. The molecule has 1 aliphatic heterocycles. The molecule has 0 radical (unpaired) electrons. The SMILES string of the molecule is CCCOC(=O)/C(C#N)=C1\N[C@H]2CCCC[C@@H]2NC1=O. The van der Waals surface area contributed by atoms with E-state index in [4.69, 9.17) is 10.00 Å². The molecule has 20 heavy (non-hydrogen) atoms. The number of piperazine rings is 1. The van der Waals surface area contributed by atoms with E-state index < -0.39 is 11.9 Å². The molecule has 1 saturated carbocycles. The maximum atomic E-state index is 12.0. The predicted octanol–water partition coefficient (Wildman–Crippen LogP) is 0.748. The topological polar surface area (TPSA) is 91.2 Å². The molecule has 108 valence electrons. The van der Waals surface area contributed by atoms with Gasteiger partial charge >= 0.3 is 5.97 Å². The maximum absolute atomic E-state index is 12.0. The molecular weight excluding hydrogens is 258 g/mol. The van der Waals surface area contributed by atoms with E-state index in [1.807, 2.05) is 6.92 Å². The molecule has 0 aromatic heterocycles. The Labute approximate surface area is 118 Å². The van der Waals surface area contributed by atoms with Crippen molar-refractivity contribution in [2.45, 2.75) is 51.1 Å². The summed E-state index contributed by atoms with van der Waals surface area (Å²) in [6.07, 6.45) is 4.70. The molecule has 1 saturated heterocycles. The lowest BCUT2D eigenvalue weighted by molar-refractivity contribution is -0.139. The van der Waals surface area contributed by atoms with E-state index in [0.29, 0.717) is 6.42 Å². The van der Waals surface area contributed by atoms with Gasteiger partial charge in [0.05, 0.1) is 6.61 Å². The molecule has 0 bridgehead atoms. The van der Waals surface area contributed by atoms with Crippen molar-refractivity contribution < 1.29 is 14.3 Å². The Bertz CT molecular complexity index is 479. The molecule has 6 heteroatoms. The molecule has 1 amide bonds. The number of hydrogen-bond acceptors (Lipinski definition) is 5. The molecule has 2 atom stereocenters. The minimum absolute atomic E-state index is 0.0525. The van der Waals surface area contributed by atoms with Crippen LogP contribution in [-0.4, -0.2) is 30.6 Å². The highest BCUT2D eigenvalue weighted by molar-refractivity contribution is 6.05. The van der Waals surface area contributed by atoms with Gasteiger partial charge in [0.25, 0.3) is 5.91 Å². The van der Waals surface area contributed by atoms with Crippen LogP contribution in [0, 0.1) is 11.3 Å². The van der Waals surface area contributed by atoms with Crippen LogP contribution >= 0.6 is 0 Å². The molecule has 2 N–H and O–H groups in total.